The lowest BCUT2D eigenvalue weighted by molar-refractivity contribution is -0.387. The molecule has 0 saturated heterocycles. The summed E-state index contributed by atoms with van der Waals surface area (Å²) in [4.78, 5) is 22.0. The van der Waals surface area contributed by atoms with Crippen molar-refractivity contribution in [3.05, 3.63) is 58.4 Å². The van der Waals surface area contributed by atoms with Crippen LogP contribution in [0.2, 0.25) is 0 Å². The summed E-state index contributed by atoms with van der Waals surface area (Å²) in [5.74, 6) is -0.725. The molecule has 132 valence electrons. The Morgan fingerprint density at radius 2 is 2.04 bits per heavy atom. The number of amides is 1. The molecule has 0 heterocycles. The summed E-state index contributed by atoms with van der Waals surface area (Å²) in [5, 5.41) is 16.2. The second kappa shape index (κ2) is 8.62. The number of carbonyl (C=O) groups is 1. The number of nitro groups is 1. The molecule has 25 heavy (non-hydrogen) atoms. The third-order valence-electron chi connectivity index (χ3n) is 3.22. The van der Waals surface area contributed by atoms with E-state index in [4.69, 9.17) is 4.74 Å². The van der Waals surface area contributed by atoms with Crippen LogP contribution in [0.15, 0.2) is 42.5 Å². The van der Waals surface area contributed by atoms with Gasteiger partial charge in [-0.25, -0.2) is 0 Å². The van der Waals surface area contributed by atoms with Crippen LogP contribution in [0.25, 0.3) is 0 Å². The van der Waals surface area contributed by atoms with E-state index in [1.807, 2.05) is 6.92 Å². The molecule has 8 heteroatoms. The summed E-state index contributed by atoms with van der Waals surface area (Å²) in [6.45, 7) is 2.38. The van der Waals surface area contributed by atoms with Crippen molar-refractivity contribution >= 4 is 23.0 Å². The van der Waals surface area contributed by atoms with Crippen molar-refractivity contribution in [3.8, 4) is 5.75 Å². The van der Waals surface area contributed by atoms with Crippen molar-refractivity contribution in [1.82, 2.24) is 0 Å². The van der Waals surface area contributed by atoms with Gasteiger partial charge in [-0.3, -0.25) is 14.9 Å². The van der Waals surface area contributed by atoms with Crippen molar-refractivity contribution in [2.75, 3.05) is 23.8 Å². The van der Waals surface area contributed by atoms with Crippen molar-refractivity contribution in [2.45, 2.75) is 13.3 Å². The van der Waals surface area contributed by atoms with E-state index < -0.39 is 16.4 Å². The van der Waals surface area contributed by atoms with Gasteiger partial charge in [0.1, 0.15) is 5.75 Å². The van der Waals surface area contributed by atoms with E-state index in [9.17, 15) is 19.3 Å². The molecule has 0 bridgehead atoms. The predicted molar refractivity (Wildman–Crippen MR) is 92.4 cm³/mol. The summed E-state index contributed by atoms with van der Waals surface area (Å²) in [6, 6.07) is 10.4. The van der Waals surface area contributed by atoms with Crippen LogP contribution in [0.5, 0.6) is 5.75 Å². The molecule has 2 rings (SSSR count). The Labute approximate surface area is 144 Å². The number of nitro benzene ring substituents is 1. The Kier molecular flexibility index (Phi) is 6.27. The molecule has 0 atom stereocenters. The van der Waals surface area contributed by atoms with Gasteiger partial charge in [-0.05, 0) is 30.7 Å². The third-order valence-corrected chi connectivity index (χ3v) is 3.22. The molecule has 2 aromatic carbocycles. The number of nitrogens with zero attached hydrogens (tertiary/aromatic N) is 1. The van der Waals surface area contributed by atoms with Gasteiger partial charge in [0.25, 0.3) is 0 Å². The van der Waals surface area contributed by atoms with Crippen LogP contribution in [0.3, 0.4) is 0 Å². The fourth-order valence-corrected chi connectivity index (χ4v) is 2.05. The Morgan fingerprint density at radius 1 is 1.28 bits per heavy atom. The quantitative estimate of drug-likeness (QED) is 0.562. The molecule has 2 aromatic rings. The highest BCUT2D eigenvalue weighted by Crippen LogP contribution is 2.24. The van der Waals surface area contributed by atoms with Crippen LogP contribution in [0.4, 0.5) is 21.5 Å². The second-order valence-corrected chi connectivity index (χ2v) is 5.17. The standard InChI is InChI=1S/C17H18FN3O4/c1-2-9-25-16-6-4-3-5-14(16)20-17(22)11-19-12-7-8-13(18)15(10-12)21(23)24/h3-8,10,19H,2,9,11H2,1H3,(H,20,22). The fourth-order valence-electron chi connectivity index (χ4n) is 2.05. The number of para-hydroxylation sites is 2. The fraction of sp³-hybridized carbons (Fsp3) is 0.235. The van der Waals surface area contributed by atoms with Crippen LogP contribution in [0.1, 0.15) is 13.3 Å². The minimum atomic E-state index is -0.929. The Balaban J connectivity index is 1.98. The number of benzene rings is 2. The van der Waals surface area contributed by atoms with Gasteiger partial charge in [0.15, 0.2) is 0 Å². The lowest BCUT2D eigenvalue weighted by Gasteiger charge is -2.12. The zero-order valence-electron chi connectivity index (χ0n) is 13.6. The third kappa shape index (κ3) is 5.17. The van der Waals surface area contributed by atoms with Crippen LogP contribution >= 0.6 is 0 Å². The number of carbonyl (C=O) groups excluding carboxylic acids is 1. The minimum absolute atomic E-state index is 0.134. The van der Waals surface area contributed by atoms with E-state index in [0.29, 0.717) is 18.0 Å². The topological polar surface area (TPSA) is 93.5 Å². The molecule has 0 aromatic heterocycles. The molecular formula is C17H18FN3O4. The first kappa shape index (κ1) is 18.2. The maximum Gasteiger partial charge on any atom is 0.306 e. The Bertz CT molecular complexity index is 767. The summed E-state index contributed by atoms with van der Waals surface area (Å²) < 4.78 is 18.8. The molecule has 0 unspecified atom stereocenters. The maximum atomic E-state index is 13.3. The molecule has 0 aliphatic heterocycles. The number of rotatable bonds is 8. The summed E-state index contributed by atoms with van der Waals surface area (Å²) in [7, 11) is 0. The van der Waals surface area contributed by atoms with Crippen LogP contribution in [-0.2, 0) is 4.79 Å². The Morgan fingerprint density at radius 3 is 2.76 bits per heavy atom. The first-order chi connectivity index (χ1) is 12.0. The molecular weight excluding hydrogens is 329 g/mol. The van der Waals surface area contributed by atoms with Crippen LogP contribution in [-0.4, -0.2) is 24.0 Å². The van der Waals surface area contributed by atoms with Crippen molar-refractivity contribution in [1.29, 1.82) is 0 Å². The highest BCUT2D eigenvalue weighted by molar-refractivity contribution is 5.95. The molecule has 0 aliphatic rings. The summed E-state index contributed by atoms with van der Waals surface area (Å²) in [5.41, 5.74) is 0.162. The number of halogens is 1. The highest BCUT2D eigenvalue weighted by Gasteiger charge is 2.15. The normalized spacial score (nSPS) is 10.2. The van der Waals surface area contributed by atoms with Gasteiger partial charge >= 0.3 is 5.69 Å². The molecule has 0 spiro atoms. The maximum absolute atomic E-state index is 13.3. The number of anilines is 2. The zero-order chi connectivity index (χ0) is 18.2. The molecule has 1 amide bonds. The number of hydrogen-bond donors (Lipinski definition) is 2. The van der Waals surface area contributed by atoms with E-state index in [-0.39, 0.29) is 18.1 Å². The molecule has 0 saturated carbocycles. The van der Waals surface area contributed by atoms with Crippen molar-refractivity contribution in [3.63, 3.8) is 0 Å². The number of hydrogen-bond acceptors (Lipinski definition) is 5. The lowest BCUT2D eigenvalue weighted by Crippen LogP contribution is -2.22. The van der Waals surface area contributed by atoms with Crippen molar-refractivity contribution in [2.24, 2.45) is 0 Å². The second-order valence-electron chi connectivity index (χ2n) is 5.17. The Hall–Kier alpha value is -3.16. The molecule has 0 fully saturated rings. The van der Waals surface area contributed by atoms with Gasteiger partial charge in [-0.1, -0.05) is 19.1 Å². The van der Waals surface area contributed by atoms with E-state index in [2.05, 4.69) is 10.6 Å². The average molecular weight is 347 g/mol. The van der Waals surface area contributed by atoms with Crippen molar-refractivity contribution < 1.29 is 18.8 Å². The van der Waals surface area contributed by atoms with E-state index in [1.165, 1.54) is 6.07 Å². The first-order valence-corrected chi connectivity index (χ1v) is 7.70. The van der Waals surface area contributed by atoms with E-state index in [1.54, 1.807) is 24.3 Å². The molecule has 0 aliphatic carbocycles. The summed E-state index contributed by atoms with van der Waals surface area (Å²) >= 11 is 0. The molecule has 2 N–H and O–H groups in total. The van der Waals surface area contributed by atoms with Gasteiger partial charge in [-0.2, -0.15) is 4.39 Å². The highest BCUT2D eigenvalue weighted by atomic mass is 19.1. The van der Waals surface area contributed by atoms with E-state index >= 15 is 0 Å². The van der Waals surface area contributed by atoms with Gasteiger partial charge in [0.2, 0.25) is 11.7 Å². The van der Waals surface area contributed by atoms with E-state index in [0.717, 1.165) is 18.6 Å². The largest absolute Gasteiger partial charge is 0.491 e. The number of ether oxygens (including phenoxy) is 1. The average Bonchev–Trinajstić information content (AvgIpc) is 2.60. The predicted octanol–water partition coefficient (Wildman–Crippen LogP) is 3.57. The van der Waals surface area contributed by atoms with Gasteiger partial charge in [-0.15, -0.1) is 0 Å². The SMILES string of the molecule is CCCOc1ccccc1NC(=O)CNc1ccc(F)c([N+](=O)[O-])c1. The monoisotopic (exact) mass is 347 g/mol. The van der Waals surface area contributed by atoms with Crippen LogP contribution < -0.4 is 15.4 Å². The minimum Gasteiger partial charge on any atom is -0.491 e. The zero-order valence-corrected chi connectivity index (χ0v) is 13.6. The van der Waals surface area contributed by atoms with Gasteiger partial charge in [0, 0.05) is 11.8 Å². The molecule has 7 nitrogen and oxygen atoms in total. The summed E-state index contributed by atoms with van der Waals surface area (Å²) in [6.07, 6.45) is 0.840. The smallest absolute Gasteiger partial charge is 0.306 e. The van der Waals surface area contributed by atoms with Crippen LogP contribution in [0, 0.1) is 15.9 Å². The van der Waals surface area contributed by atoms with Gasteiger partial charge in [0.05, 0.1) is 23.8 Å². The first-order valence-electron chi connectivity index (χ1n) is 7.70. The van der Waals surface area contributed by atoms with Gasteiger partial charge < -0.3 is 15.4 Å². The number of nitrogens with one attached hydrogen (secondary N) is 2. The lowest BCUT2D eigenvalue weighted by atomic mass is 10.2. The molecule has 0 radical (unpaired) electrons.